The van der Waals surface area contributed by atoms with Gasteiger partial charge in [-0.2, -0.15) is 5.10 Å². The zero-order valence-corrected chi connectivity index (χ0v) is 26.1. The molecular weight excluding hydrogens is 534 g/mol. The van der Waals surface area contributed by atoms with Crippen LogP contribution >= 0.6 is 12.2 Å². The van der Waals surface area contributed by atoms with Crippen molar-refractivity contribution in [1.82, 2.24) is 5.43 Å². The molecule has 0 heterocycles. The first-order chi connectivity index (χ1) is 19.6. The average Bonchev–Trinajstić information content (AvgIpc) is 3.32. The molecule has 4 saturated carbocycles. The summed E-state index contributed by atoms with van der Waals surface area (Å²) in [6, 6.07) is 7.61. The van der Waals surface area contributed by atoms with E-state index in [1.54, 1.807) is 7.11 Å². The van der Waals surface area contributed by atoms with Crippen LogP contribution in [-0.4, -0.2) is 36.8 Å². The van der Waals surface area contributed by atoms with E-state index < -0.39 is 0 Å². The molecule has 1 aromatic rings. The number of anilines is 1. The van der Waals surface area contributed by atoms with Gasteiger partial charge in [0.2, 0.25) is 0 Å². The third kappa shape index (κ3) is 5.78. The Morgan fingerprint density at radius 3 is 2.51 bits per heavy atom. The highest BCUT2D eigenvalue weighted by Crippen LogP contribution is 2.67. The molecule has 5 rings (SSSR count). The lowest BCUT2D eigenvalue weighted by atomic mass is 9.44. The summed E-state index contributed by atoms with van der Waals surface area (Å²) in [6.45, 7) is 7.24. The molecule has 0 unspecified atom stereocenters. The van der Waals surface area contributed by atoms with E-state index in [1.807, 2.05) is 24.3 Å². The first-order valence-corrected chi connectivity index (χ1v) is 15.9. The average molecular weight is 582 g/mol. The zero-order chi connectivity index (χ0) is 29.4. The Morgan fingerprint density at radius 1 is 1.07 bits per heavy atom. The summed E-state index contributed by atoms with van der Waals surface area (Å²) < 4.78 is 10.1. The molecule has 0 aromatic heterocycles. The number of esters is 1. The number of hydrazone groups is 1. The molecule has 4 aliphatic rings. The second-order valence-electron chi connectivity index (χ2n) is 13.6. The number of carbonyl (C=O) groups excluding carboxylic acids is 2. The van der Waals surface area contributed by atoms with Gasteiger partial charge >= 0.3 is 5.97 Å². The van der Waals surface area contributed by atoms with E-state index >= 15 is 0 Å². The predicted octanol–water partition coefficient (Wildman–Crippen LogP) is 6.76. The third-order valence-corrected chi connectivity index (χ3v) is 12.0. The lowest BCUT2D eigenvalue weighted by Crippen LogP contribution is -2.57. The van der Waals surface area contributed by atoms with Crippen LogP contribution < -0.4 is 15.5 Å². The molecule has 2 N–H and O–H groups in total. The summed E-state index contributed by atoms with van der Waals surface area (Å²) in [4.78, 5) is 25.7. The van der Waals surface area contributed by atoms with Crippen molar-refractivity contribution in [3.05, 3.63) is 24.3 Å². The van der Waals surface area contributed by atoms with E-state index in [0.717, 1.165) is 55.7 Å². The largest absolute Gasteiger partial charge is 0.497 e. The first-order valence-electron chi connectivity index (χ1n) is 15.4. The van der Waals surface area contributed by atoms with Gasteiger partial charge in [-0.25, -0.2) is 0 Å². The van der Waals surface area contributed by atoms with Crippen molar-refractivity contribution in [2.24, 2.45) is 51.4 Å². The van der Waals surface area contributed by atoms with Gasteiger partial charge in [0.25, 0.3) is 0 Å². The van der Waals surface area contributed by atoms with Gasteiger partial charge in [-0.1, -0.05) is 20.8 Å². The molecule has 0 amide bonds. The van der Waals surface area contributed by atoms with Crippen molar-refractivity contribution in [2.45, 2.75) is 85.0 Å². The molecule has 0 saturated heterocycles. The maximum Gasteiger partial charge on any atom is 0.305 e. The van der Waals surface area contributed by atoms with E-state index in [0.29, 0.717) is 53.3 Å². The number of benzene rings is 1. The fourth-order valence-electron chi connectivity index (χ4n) is 9.43. The number of carbonyl (C=O) groups is 2. The Morgan fingerprint density at radius 2 is 1.80 bits per heavy atom. The molecule has 4 fully saturated rings. The van der Waals surface area contributed by atoms with Crippen molar-refractivity contribution in [3.8, 4) is 5.75 Å². The van der Waals surface area contributed by atoms with Gasteiger partial charge in [-0.05, 0) is 128 Å². The predicted molar refractivity (Wildman–Crippen MR) is 166 cm³/mol. The highest BCUT2D eigenvalue weighted by Gasteiger charge is 2.62. The number of hydrogen-bond acceptors (Lipinski definition) is 6. The molecule has 0 spiro atoms. The Kier molecular flexibility index (Phi) is 8.79. The Labute approximate surface area is 250 Å². The minimum atomic E-state index is -0.118. The summed E-state index contributed by atoms with van der Waals surface area (Å²) >= 11 is 5.48. The molecule has 7 nitrogen and oxygen atoms in total. The van der Waals surface area contributed by atoms with Crippen LogP contribution in [0.3, 0.4) is 0 Å². The Hall–Kier alpha value is -2.48. The number of rotatable bonds is 7. The molecule has 8 heteroatoms. The maximum absolute atomic E-state index is 13.9. The van der Waals surface area contributed by atoms with Crippen LogP contribution in [0.1, 0.15) is 85.0 Å². The van der Waals surface area contributed by atoms with E-state index in [1.165, 1.54) is 20.0 Å². The van der Waals surface area contributed by atoms with Gasteiger partial charge in [0.15, 0.2) is 5.11 Å². The van der Waals surface area contributed by atoms with Crippen molar-refractivity contribution in [2.75, 3.05) is 19.5 Å². The van der Waals surface area contributed by atoms with Crippen molar-refractivity contribution >= 4 is 40.5 Å². The van der Waals surface area contributed by atoms with E-state index in [-0.39, 0.29) is 22.7 Å². The van der Waals surface area contributed by atoms with E-state index in [9.17, 15) is 9.59 Å². The zero-order valence-electron chi connectivity index (χ0n) is 25.3. The fraction of sp³-hybridized carbons (Fsp3) is 0.697. The molecule has 4 aliphatic carbocycles. The summed E-state index contributed by atoms with van der Waals surface area (Å²) in [6.07, 6.45) is 9.55. The molecule has 41 heavy (non-hydrogen) atoms. The number of fused-ring (bicyclic) bond motifs is 5. The van der Waals surface area contributed by atoms with Gasteiger partial charge in [0, 0.05) is 30.2 Å². The summed E-state index contributed by atoms with van der Waals surface area (Å²) in [5, 5.41) is 8.32. The number of ketones is 1. The van der Waals surface area contributed by atoms with Crippen molar-refractivity contribution < 1.29 is 19.1 Å². The van der Waals surface area contributed by atoms with Gasteiger partial charge in [-0.15, -0.1) is 0 Å². The lowest BCUT2D eigenvalue weighted by Gasteiger charge is -2.60. The van der Waals surface area contributed by atoms with Crippen LogP contribution in [0.4, 0.5) is 5.69 Å². The monoisotopic (exact) mass is 581 g/mol. The van der Waals surface area contributed by atoms with Gasteiger partial charge < -0.3 is 14.8 Å². The molecule has 8 atom stereocenters. The first kappa shape index (κ1) is 30.0. The quantitative estimate of drug-likeness (QED) is 0.209. The molecule has 1 aromatic carbocycles. The molecule has 0 radical (unpaired) electrons. The van der Waals surface area contributed by atoms with Gasteiger partial charge in [-0.3, -0.25) is 15.0 Å². The van der Waals surface area contributed by atoms with Crippen LogP contribution in [-0.2, 0) is 14.3 Å². The second kappa shape index (κ2) is 12.0. The van der Waals surface area contributed by atoms with E-state index in [2.05, 4.69) is 36.6 Å². The second-order valence-corrected chi connectivity index (χ2v) is 14.0. The standard InChI is InChI=1S/C33H47N3O4S/c1-20(6-13-29(38)40-5)25-11-12-26-30-27(15-17-33(25,26)3)32(2)16-14-23(18-21(32)19-28(30)37)35-36-31(41)34-22-7-9-24(39-4)10-8-22/h7-10,20-21,25-27,30H,6,11-19H2,1-5H3,(H2,34,36,41)/b35-23+/t20-,21+,25-,26+,27+,30+,32+,33-/m1/s1. The highest BCUT2D eigenvalue weighted by atomic mass is 32.1. The number of ether oxygens (including phenoxy) is 2. The van der Waals surface area contributed by atoms with Crippen LogP contribution in [0.25, 0.3) is 0 Å². The number of nitrogens with zero attached hydrogens (tertiary/aromatic N) is 1. The minimum Gasteiger partial charge on any atom is -0.497 e. The van der Waals surface area contributed by atoms with Crippen LogP contribution in [0.5, 0.6) is 5.75 Å². The van der Waals surface area contributed by atoms with Gasteiger partial charge in [0.05, 0.1) is 14.2 Å². The van der Waals surface area contributed by atoms with Crippen LogP contribution in [0.15, 0.2) is 29.4 Å². The molecule has 224 valence electrons. The normalized spacial score (nSPS) is 36.0. The van der Waals surface area contributed by atoms with Crippen LogP contribution in [0.2, 0.25) is 0 Å². The summed E-state index contributed by atoms with van der Waals surface area (Å²) in [5.41, 5.74) is 5.39. The SMILES string of the molecule is COC(=O)CC[C@@H](C)[C@H]1CC[C@H]2[C@@H]3C(=O)C[C@@H]4C/C(=N/NC(=S)Nc5ccc(OC)cc5)CC[C@]4(C)[C@H]3CC[C@]12C. The minimum absolute atomic E-state index is 0.118. The highest BCUT2D eigenvalue weighted by molar-refractivity contribution is 7.80. The summed E-state index contributed by atoms with van der Waals surface area (Å²) in [5.74, 6) is 3.66. The van der Waals surface area contributed by atoms with Gasteiger partial charge in [0.1, 0.15) is 11.5 Å². The molecular formula is C33H47N3O4S. The van der Waals surface area contributed by atoms with Crippen molar-refractivity contribution in [3.63, 3.8) is 0 Å². The smallest absolute Gasteiger partial charge is 0.305 e. The number of methoxy groups -OCH3 is 2. The third-order valence-electron chi connectivity index (χ3n) is 11.8. The molecule has 0 aliphatic heterocycles. The van der Waals surface area contributed by atoms with Crippen LogP contribution in [0, 0.1) is 46.3 Å². The number of Topliss-reactive ketones (excluding diaryl/α,β-unsaturated/α-hetero) is 1. The number of hydrogen-bond donors (Lipinski definition) is 2. The summed E-state index contributed by atoms with van der Waals surface area (Å²) in [7, 11) is 3.11. The Balaban J connectivity index is 1.22. The Bertz CT molecular complexity index is 1190. The number of thiocarbonyl (C=S) groups is 1. The topological polar surface area (TPSA) is 89.0 Å². The molecule has 0 bridgehead atoms. The number of nitrogens with one attached hydrogen (secondary N) is 2. The van der Waals surface area contributed by atoms with Crippen molar-refractivity contribution in [1.29, 1.82) is 0 Å². The van der Waals surface area contributed by atoms with E-state index in [4.69, 9.17) is 21.7 Å². The lowest BCUT2D eigenvalue weighted by molar-refractivity contribution is -0.153. The maximum atomic E-state index is 13.9. The fourth-order valence-corrected chi connectivity index (χ4v) is 9.59.